The Balaban J connectivity index is 2.28. The van der Waals surface area contributed by atoms with Crippen LogP contribution in [-0.4, -0.2) is 0 Å². The molecule has 0 spiro atoms. The minimum absolute atomic E-state index is 0.0843. The molecule has 2 aromatic rings. The van der Waals surface area contributed by atoms with Gasteiger partial charge in [-0.05, 0) is 36.8 Å². The Morgan fingerprint density at radius 2 is 1.65 bits per heavy atom. The van der Waals surface area contributed by atoms with E-state index in [0.29, 0.717) is 5.56 Å². The van der Waals surface area contributed by atoms with Gasteiger partial charge in [0.25, 0.3) is 0 Å². The molecule has 0 radical (unpaired) electrons. The van der Waals surface area contributed by atoms with E-state index < -0.39 is 23.5 Å². The number of nitrogens with one attached hydrogen (secondary N) is 1. The van der Waals surface area contributed by atoms with Crippen LogP contribution in [0.4, 0.5) is 18.9 Å². The van der Waals surface area contributed by atoms with Crippen molar-refractivity contribution in [3.05, 3.63) is 63.4 Å². The Morgan fingerprint density at radius 1 is 0.950 bits per heavy atom. The molecule has 0 saturated heterocycles. The summed E-state index contributed by atoms with van der Waals surface area (Å²) in [6.45, 7) is 1.68. The highest BCUT2D eigenvalue weighted by molar-refractivity contribution is 6.35. The van der Waals surface area contributed by atoms with Crippen molar-refractivity contribution in [2.45, 2.75) is 13.0 Å². The monoisotopic (exact) mass is 319 g/mol. The number of halogens is 5. The van der Waals surface area contributed by atoms with E-state index in [9.17, 15) is 13.2 Å². The molecule has 0 bridgehead atoms. The second-order valence-electron chi connectivity index (χ2n) is 4.28. The molecule has 0 aliphatic carbocycles. The second-order valence-corrected chi connectivity index (χ2v) is 5.09. The lowest BCUT2D eigenvalue weighted by Gasteiger charge is -2.18. The summed E-state index contributed by atoms with van der Waals surface area (Å²) < 4.78 is 39.8. The zero-order valence-electron chi connectivity index (χ0n) is 10.4. The summed E-state index contributed by atoms with van der Waals surface area (Å²) in [5, 5.41) is 2.98. The zero-order valence-corrected chi connectivity index (χ0v) is 11.9. The van der Waals surface area contributed by atoms with E-state index in [1.54, 1.807) is 6.92 Å². The molecule has 1 nitrogen and oxygen atoms in total. The van der Waals surface area contributed by atoms with Gasteiger partial charge in [0.1, 0.15) is 17.5 Å². The van der Waals surface area contributed by atoms with Crippen LogP contribution in [0.2, 0.25) is 10.0 Å². The standard InChI is InChI=1S/C14H10Cl2F3N/c1-7(9-5-12(18)11(16)6-10(9)15)20-14-3-2-8(17)4-13(14)19/h2-7,20H,1H3. The minimum Gasteiger partial charge on any atom is -0.376 e. The topological polar surface area (TPSA) is 12.0 Å². The van der Waals surface area contributed by atoms with E-state index in [2.05, 4.69) is 5.32 Å². The molecule has 0 amide bonds. The van der Waals surface area contributed by atoms with E-state index in [1.165, 1.54) is 18.2 Å². The van der Waals surface area contributed by atoms with Crippen LogP contribution in [0.1, 0.15) is 18.5 Å². The van der Waals surface area contributed by atoms with Gasteiger partial charge in [0.2, 0.25) is 0 Å². The zero-order chi connectivity index (χ0) is 14.9. The van der Waals surface area contributed by atoms with Crippen LogP contribution in [0.25, 0.3) is 0 Å². The molecule has 106 valence electrons. The number of hydrogen-bond acceptors (Lipinski definition) is 1. The predicted octanol–water partition coefficient (Wildman–Crippen LogP) is 5.58. The van der Waals surface area contributed by atoms with Gasteiger partial charge in [-0.1, -0.05) is 23.2 Å². The smallest absolute Gasteiger partial charge is 0.149 e. The van der Waals surface area contributed by atoms with Crippen LogP contribution in [0.15, 0.2) is 30.3 Å². The van der Waals surface area contributed by atoms with E-state index in [1.807, 2.05) is 0 Å². The highest BCUT2D eigenvalue weighted by atomic mass is 35.5. The minimum atomic E-state index is -0.734. The lowest BCUT2D eigenvalue weighted by Crippen LogP contribution is -2.09. The second kappa shape index (κ2) is 5.94. The Hall–Kier alpha value is -1.39. The first-order valence-corrected chi connectivity index (χ1v) is 6.50. The Kier molecular flexibility index (Phi) is 4.45. The van der Waals surface area contributed by atoms with Crippen LogP contribution in [0.5, 0.6) is 0 Å². The van der Waals surface area contributed by atoms with Gasteiger partial charge in [0.15, 0.2) is 0 Å². The number of hydrogen-bond donors (Lipinski definition) is 1. The number of rotatable bonds is 3. The van der Waals surface area contributed by atoms with Gasteiger partial charge < -0.3 is 5.32 Å². The maximum absolute atomic E-state index is 13.5. The van der Waals surface area contributed by atoms with Crippen LogP contribution in [0, 0.1) is 17.5 Å². The molecule has 0 aliphatic rings. The van der Waals surface area contributed by atoms with E-state index in [0.717, 1.165) is 12.1 Å². The molecule has 2 aromatic carbocycles. The van der Waals surface area contributed by atoms with Gasteiger partial charge in [0.05, 0.1) is 16.8 Å². The van der Waals surface area contributed by atoms with Crippen LogP contribution < -0.4 is 5.32 Å². The SMILES string of the molecule is CC(Nc1ccc(F)cc1F)c1cc(F)c(Cl)cc1Cl. The summed E-state index contributed by atoms with van der Waals surface area (Å²) >= 11 is 11.6. The molecule has 20 heavy (non-hydrogen) atoms. The fraction of sp³-hybridized carbons (Fsp3) is 0.143. The lowest BCUT2D eigenvalue weighted by molar-refractivity contribution is 0.583. The lowest BCUT2D eigenvalue weighted by atomic mass is 10.1. The van der Waals surface area contributed by atoms with Gasteiger partial charge in [-0.3, -0.25) is 0 Å². The Labute approximate surface area is 124 Å². The quantitative estimate of drug-likeness (QED) is 0.728. The molecule has 6 heteroatoms. The first-order valence-electron chi connectivity index (χ1n) is 5.74. The van der Waals surface area contributed by atoms with Crippen molar-refractivity contribution in [3.63, 3.8) is 0 Å². The van der Waals surface area contributed by atoms with Crippen LogP contribution in [-0.2, 0) is 0 Å². The molecular weight excluding hydrogens is 310 g/mol. The largest absolute Gasteiger partial charge is 0.376 e. The Morgan fingerprint density at radius 3 is 2.30 bits per heavy atom. The van der Waals surface area contributed by atoms with Crippen LogP contribution >= 0.6 is 23.2 Å². The molecule has 1 unspecified atom stereocenters. The van der Waals surface area contributed by atoms with Gasteiger partial charge >= 0.3 is 0 Å². The summed E-state index contributed by atoms with van der Waals surface area (Å²) in [6, 6.07) is 5.15. The Bertz CT molecular complexity index is 647. The predicted molar refractivity (Wildman–Crippen MR) is 74.8 cm³/mol. The molecule has 0 aliphatic heterocycles. The third-order valence-electron chi connectivity index (χ3n) is 2.81. The van der Waals surface area contributed by atoms with Gasteiger partial charge in [-0.2, -0.15) is 0 Å². The van der Waals surface area contributed by atoms with Gasteiger partial charge in [0, 0.05) is 11.1 Å². The third-order valence-corrected chi connectivity index (χ3v) is 3.43. The van der Waals surface area contributed by atoms with Crippen molar-refractivity contribution in [1.82, 2.24) is 0 Å². The van der Waals surface area contributed by atoms with Crippen molar-refractivity contribution in [2.75, 3.05) is 5.32 Å². The van der Waals surface area contributed by atoms with Crippen molar-refractivity contribution in [1.29, 1.82) is 0 Å². The number of benzene rings is 2. The van der Waals surface area contributed by atoms with Crippen molar-refractivity contribution >= 4 is 28.9 Å². The van der Waals surface area contributed by atoms with Crippen molar-refractivity contribution < 1.29 is 13.2 Å². The fourth-order valence-electron chi connectivity index (χ4n) is 1.79. The summed E-state index contributed by atoms with van der Waals surface area (Å²) in [5.41, 5.74) is 0.530. The molecule has 2 rings (SSSR count). The summed E-state index contributed by atoms with van der Waals surface area (Å²) in [4.78, 5) is 0. The fourth-order valence-corrected chi connectivity index (χ4v) is 2.33. The number of anilines is 1. The molecule has 1 N–H and O–H groups in total. The maximum Gasteiger partial charge on any atom is 0.149 e. The summed E-state index contributed by atoms with van der Waals surface area (Å²) in [5.74, 6) is -2.02. The van der Waals surface area contributed by atoms with E-state index in [-0.39, 0.29) is 15.7 Å². The van der Waals surface area contributed by atoms with Crippen molar-refractivity contribution in [2.24, 2.45) is 0 Å². The normalized spacial score (nSPS) is 12.3. The molecule has 0 fully saturated rings. The summed E-state index contributed by atoms with van der Waals surface area (Å²) in [7, 11) is 0. The van der Waals surface area contributed by atoms with E-state index in [4.69, 9.17) is 23.2 Å². The molecule has 0 heterocycles. The first-order chi connectivity index (χ1) is 9.38. The molecule has 0 saturated carbocycles. The average Bonchev–Trinajstić information content (AvgIpc) is 2.37. The maximum atomic E-state index is 13.5. The van der Waals surface area contributed by atoms with Crippen LogP contribution in [0.3, 0.4) is 0 Å². The molecular formula is C14H10Cl2F3N. The highest BCUT2D eigenvalue weighted by Crippen LogP contribution is 2.31. The third kappa shape index (κ3) is 3.19. The molecule has 0 aromatic heterocycles. The highest BCUT2D eigenvalue weighted by Gasteiger charge is 2.15. The van der Waals surface area contributed by atoms with E-state index >= 15 is 0 Å². The van der Waals surface area contributed by atoms with Gasteiger partial charge in [-0.25, -0.2) is 13.2 Å². The van der Waals surface area contributed by atoms with Gasteiger partial charge in [-0.15, -0.1) is 0 Å². The van der Waals surface area contributed by atoms with Crippen molar-refractivity contribution in [3.8, 4) is 0 Å². The first kappa shape index (κ1) is 15.0. The molecule has 1 atom stereocenters. The average molecular weight is 320 g/mol. The summed E-state index contributed by atoms with van der Waals surface area (Å²) in [6.07, 6.45) is 0.